The predicted octanol–water partition coefficient (Wildman–Crippen LogP) is 2.41. The van der Waals surface area contributed by atoms with Gasteiger partial charge in [-0.05, 0) is 18.2 Å². The maximum absolute atomic E-state index is 14.2. The summed E-state index contributed by atoms with van der Waals surface area (Å²) < 4.78 is 30.0. The molecule has 1 aliphatic heterocycles. The molecule has 0 saturated heterocycles. The van der Waals surface area contributed by atoms with Crippen LogP contribution in [-0.4, -0.2) is 20.0 Å². The average molecular weight is 328 g/mol. The first-order valence-corrected chi connectivity index (χ1v) is 7.30. The van der Waals surface area contributed by atoms with Crippen LogP contribution in [0.5, 0.6) is 0 Å². The molecule has 0 fully saturated rings. The Morgan fingerprint density at radius 1 is 1.21 bits per heavy atom. The number of hydrogen-bond donors (Lipinski definition) is 2. The van der Waals surface area contributed by atoms with Crippen LogP contribution in [0, 0.1) is 11.6 Å². The number of benzene rings is 1. The summed E-state index contributed by atoms with van der Waals surface area (Å²) in [5.74, 6) is -0.984. The molecule has 1 aliphatic rings. The van der Waals surface area contributed by atoms with Gasteiger partial charge < -0.3 is 10.6 Å². The second kappa shape index (κ2) is 5.19. The Bertz CT molecular complexity index is 935. The minimum Gasteiger partial charge on any atom is -0.382 e. The van der Waals surface area contributed by atoms with E-state index in [1.807, 2.05) is 6.07 Å². The highest BCUT2D eigenvalue weighted by Crippen LogP contribution is 2.36. The fourth-order valence-corrected chi connectivity index (χ4v) is 2.86. The standard InChI is InChI=1S/C16H14F2N6/c1-23-6-5-13(22-23)9-7-24(8-10-14(9)20-21-16(10)19)15-11(17)3-2-4-12(15)18/h2-7H,8H2,1H3,(H3,19,20,21). The molecule has 4 rings (SSSR count). The second-order valence-electron chi connectivity index (χ2n) is 5.58. The van der Waals surface area contributed by atoms with Gasteiger partial charge in [-0.3, -0.25) is 9.78 Å². The van der Waals surface area contributed by atoms with E-state index in [4.69, 9.17) is 5.73 Å². The Hall–Kier alpha value is -3.16. The minimum atomic E-state index is -0.642. The first kappa shape index (κ1) is 14.4. The molecular formula is C16H14F2N6. The number of aromatic nitrogens is 4. The van der Waals surface area contributed by atoms with Gasteiger partial charge in [0.25, 0.3) is 0 Å². The number of aromatic amines is 1. The number of nitrogen functional groups attached to an aromatic ring is 1. The van der Waals surface area contributed by atoms with Crippen LogP contribution >= 0.6 is 0 Å². The summed E-state index contributed by atoms with van der Waals surface area (Å²) in [5, 5.41) is 11.3. The third-order valence-electron chi connectivity index (χ3n) is 4.00. The number of rotatable bonds is 2. The molecule has 0 atom stereocenters. The van der Waals surface area contributed by atoms with E-state index >= 15 is 0 Å². The molecule has 24 heavy (non-hydrogen) atoms. The molecule has 122 valence electrons. The van der Waals surface area contributed by atoms with Crippen LogP contribution in [0.15, 0.2) is 36.7 Å². The molecule has 3 N–H and O–H groups in total. The van der Waals surface area contributed by atoms with Gasteiger partial charge >= 0.3 is 0 Å². The number of nitrogens with zero attached hydrogens (tertiary/aromatic N) is 4. The second-order valence-corrected chi connectivity index (χ2v) is 5.58. The van der Waals surface area contributed by atoms with Crippen LogP contribution < -0.4 is 10.6 Å². The number of halogens is 2. The molecule has 1 aromatic carbocycles. The molecule has 8 heteroatoms. The Kier molecular flexibility index (Phi) is 3.12. The molecule has 3 aromatic rings. The number of fused-ring (bicyclic) bond motifs is 1. The van der Waals surface area contributed by atoms with Crippen LogP contribution in [0.3, 0.4) is 0 Å². The molecule has 2 aromatic heterocycles. The molecule has 0 aliphatic carbocycles. The fraction of sp³-hybridized carbons (Fsp3) is 0.125. The van der Waals surface area contributed by atoms with Gasteiger partial charge in [0.05, 0.1) is 17.9 Å². The summed E-state index contributed by atoms with van der Waals surface area (Å²) in [6.07, 6.45) is 3.45. The summed E-state index contributed by atoms with van der Waals surface area (Å²) in [6.45, 7) is 0.214. The number of aryl methyl sites for hydroxylation is 1. The topological polar surface area (TPSA) is 75.8 Å². The number of nitrogens with one attached hydrogen (secondary N) is 1. The molecule has 0 radical (unpaired) electrons. The van der Waals surface area contributed by atoms with Crippen LogP contribution in [0.25, 0.3) is 5.57 Å². The maximum atomic E-state index is 14.2. The van der Waals surface area contributed by atoms with E-state index in [9.17, 15) is 8.78 Å². The van der Waals surface area contributed by atoms with Gasteiger partial charge in [-0.2, -0.15) is 10.2 Å². The van der Waals surface area contributed by atoms with Crippen molar-refractivity contribution in [3.63, 3.8) is 0 Å². The highest BCUT2D eigenvalue weighted by molar-refractivity contribution is 5.83. The normalized spacial score (nSPS) is 13.8. The largest absolute Gasteiger partial charge is 0.382 e. The lowest BCUT2D eigenvalue weighted by Crippen LogP contribution is -2.23. The van der Waals surface area contributed by atoms with Crippen molar-refractivity contribution in [1.82, 2.24) is 20.0 Å². The molecular weight excluding hydrogens is 314 g/mol. The SMILES string of the molecule is Cn1ccc(C2=CN(c3c(F)cccc3F)Cc3c(N)n[nH]c32)n1. The maximum Gasteiger partial charge on any atom is 0.150 e. The predicted molar refractivity (Wildman–Crippen MR) is 85.8 cm³/mol. The molecule has 0 saturated carbocycles. The van der Waals surface area contributed by atoms with Gasteiger partial charge in [-0.1, -0.05) is 6.07 Å². The first-order chi connectivity index (χ1) is 11.5. The third-order valence-corrected chi connectivity index (χ3v) is 4.00. The molecule has 0 amide bonds. The zero-order chi connectivity index (χ0) is 16.8. The quantitative estimate of drug-likeness (QED) is 0.757. The zero-order valence-corrected chi connectivity index (χ0v) is 12.8. The summed E-state index contributed by atoms with van der Waals surface area (Å²) in [7, 11) is 1.80. The smallest absolute Gasteiger partial charge is 0.150 e. The number of para-hydroxylation sites is 1. The van der Waals surface area contributed by atoms with Crippen LogP contribution in [0.4, 0.5) is 20.3 Å². The fourth-order valence-electron chi connectivity index (χ4n) is 2.86. The Labute approximate surface area is 136 Å². The lowest BCUT2D eigenvalue weighted by molar-refractivity contribution is 0.579. The minimum absolute atomic E-state index is 0.128. The van der Waals surface area contributed by atoms with E-state index in [-0.39, 0.29) is 12.2 Å². The van der Waals surface area contributed by atoms with Gasteiger partial charge in [0.1, 0.15) is 17.3 Å². The van der Waals surface area contributed by atoms with E-state index in [1.165, 1.54) is 23.1 Å². The molecule has 0 spiro atoms. The molecule has 0 unspecified atom stereocenters. The van der Waals surface area contributed by atoms with Gasteiger partial charge in [0.2, 0.25) is 0 Å². The van der Waals surface area contributed by atoms with E-state index in [1.54, 1.807) is 24.1 Å². The summed E-state index contributed by atoms with van der Waals surface area (Å²) in [5.41, 5.74) is 8.50. The van der Waals surface area contributed by atoms with Crippen molar-refractivity contribution in [1.29, 1.82) is 0 Å². The van der Waals surface area contributed by atoms with Gasteiger partial charge in [0, 0.05) is 30.6 Å². The van der Waals surface area contributed by atoms with Crippen LogP contribution in [0.1, 0.15) is 17.0 Å². The Morgan fingerprint density at radius 3 is 2.62 bits per heavy atom. The van der Waals surface area contributed by atoms with Crippen molar-refractivity contribution in [2.75, 3.05) is 10.6 Å². The Balaban J connectivity index is 1.90. The molecule has 6 nitrogen and oxygen atoms in total. The van der Waals surface area contributed by atoms with E-state index in [2.05, 4.69) is 15.3 Å². The van der Waals surface area contributed by atoms with Gasteiger partial charge in [0.15, 0.2) is 5.82 Å². The summed E-state index contributed by atoms with van der Waals surface area (Å²) in [6, 6.07) is 5.59. The molecule has 3 heterocycles. The van der Waals surface area contributed by atoms with Gasteiger partial charge in [-0.15, -0.1) is 0 Å². The van der Waals surface area contributed by atoms with Crippen molar-refractivity contribution in [2.45, 2.75) is 6.54 Å². The highest BCUT2D eigenvalue weighted by Gasteiger charge is 2.27. The van der Waals surface area contributed by atoms with Crippen molar-refractivity contribution < 1.29 is 8.78 Å². The molecule has 0 bridgehead atoms. The number of hydrogen-bond acceptors (Lipinski definition) is 4. The number of H-pyrrole nitrogens is 1. The highest BCUT2D eigenvalue weighted by atomic mass is 19.1. The Morgan fingerprint density at radius 2 is 1.96 bits per heavy atom. The van der Waals surface area contributed by atoms with E-state index in [0.717, 1.165) is 0 Å². The zero-order valence-electron chi connectivity index (χ0n) is 12.8. The third kappa shape index (κ3) is 2.15. The monoisotopic (exact) mass is 328 g/mol. The lowest BCUT2D eigenvalue weighted by atomic mass is 10.0. The first-order valence-electron chi connectivity index (χ1n) is 7.30. The summed E-state index contributed by atoms with van der Waals surface area (Å²) >= 11 is 0. The average Bonchev–Trinajstić information content (AvgIpc) is 3.13. The van der Waals surface area contributed by atoms with Crippen molar-refractivity contribution in [3.05, 3.63) is 65.2 Å². The van der Waals surface area contributed by atoms with E-state index in [0.29, 0.717) is 28.3 Å². The van der Waals surface area contributed by atoms with Crippen molar-refractivity contribution >= 4 is 17.1 Å². The van der Waals surface area contributed by atoms with E-state index < -0.39 is 11.6 Å². The van der Waals surface area contributed by atoms with Crippen molar-refractivity contribution in [2.24, 2.45) is 7.05 Å². The summed E-state index contributed by atoms with van der Waals surface area (Å²) in [4.78, 5) is 1.49. The number of nitrogens with two attached hydrogens (primary N) is 1. The van der Waals surface area contributed by atoms with Crippen LogP contribution in [0.2, 0.25) is 0 Å². The van der Waals surface area contributed by atoms with Crippen molar-refractivity contribution in [3.8, 4) is 0 Å². The van der Waals surface area contributed by atoms with Crippen LogP contribution in [-0.2, 0) is 13.6 Å². The number of anilines is 2. The lowest BCUT2D eigenvalue weighted by Gasteiger charge is -2.27. The van der Waals surface area contributed by atoms with Gasteiger partial charge in [-0.25, -0.2) is 8.78 Å².